The van der Waals surface area contributed by atoms with Crippen LogP contribution in [-0.2, 0) is 11.3 Å². The second-order valence-corrected chi connectivity index (χ2v) is 6.97. The number of anilines is 1. The van der Waals surface area contributed by atoms with E-state index in [1.165, 1.54) is 12.1 Å². The number of likely N-dealkylation sites (N-methyl/N-ethyl adjacent to an activating group) is 1. The van der Waals surface area contributed by atoms with Gasteiger partial charge in [-0.2, -0.15) is 0 Å². The smallest absolute Gasteiger partial charge is 0.246 e. The van der Waals surface area contributed by atoms with E-state index >= 15 is 0 Å². The van der Waals surface area contributed by atoms with E-state index < -0.39 is 0 Å². The lowest BCUT2D eigenvalue weighted by Crippen LogP contribution is -2.23. The molecule has 0 unspecified atom stereocenters. The van der Waals surface area contributed by atoms with Crippen molar-refractivity contribution in [3.63, 3.8) is 0 Å². The number of hydrogen-bond acceptors (Lipinski definition) is 4. The Morgan fingerprint density at radius 3 is 2.88 bits per heavy atom. The third-order valence-electron chi connectivity index (χ3n) is 3.98. The molecule has 0 radical (unpaired) electrons. The van der Waals surface area contributed by atoms with E-state index in [4.69, 9.17) is 5.73 Å². The Morgan fingerprint density at radius 2 is 2.16 bits per heavy atom. The number of fused-ring (bicyclic) bond motifs is 1. The number of halogens is 1. The summed E-state index contributed by atoms with van der Waals surface area (Å²) >= 11 is 1.59. The van der Waals surface area contributed by atoms with Crippen molar-refractivity contribution in [2.24, 2.45) is 0 Å². The molecular formula is C19H18FN3OS. The minimum Gasteiger partial charge on any atom is -0.384 e. The van der Waals surface area contributed by atoms with Gasteiger partial charge in [-0.25, -0.2) is 9.37 Å². The Kier molecular flexibility index (Phi) is 4.81. The fraction of sp³-hybridized carbons (Fsp3) is 0.158. The molecule has 0 aliphatic carbocycles. The summed E-state index contributed by atoms with van der Waals surface area (Å²) in [5.41, 5.74) is 7.37. The zero-order valence-corrected chi connectivity index (χ0v) is 14.8. The number of benzene rings is 1. The summed E-state index contributed by atoms with van der Waals surface area (Å²) in [6.07, 6.45) is 4.83. The summed E-state index contributed by atoms with van der Waals surface area (Å²) in [6, 6.07) is 8.27. The maximum absolute atomic E-state index is 13.4. The van der Waals surface area contributed by atoms with Crippen LogP contribution in [0, 0.1) is 12.7 Å². The molecule has 3 rings (SSSR count). The molecule has 2 N–H and O–H groups in total. The SMILES string of the molecule is Cc1c(CN(C)C(=O)/C=C/c2ccc(N)nc2)sc2ccc(F)cc12. The zero-order valence-electron chi connectivity index (χ0n) is 14.0. The number of amides is 1. The summed E-state index contributed by atoms with van der Waals surface area (Å²) in [5, 5.41) is 0.907. The van der Waals surface area contributed by atoms with Crippen molar-refractivity contribution >= 4 is 39.2 Å². The van der Waals surface area contributed by atoms with Gasteiger partial charge in [0.25, 0.3) is 0 Å². The normalized spacial score (nSPS) is 11.3. The average Bonchev–Trinajstić information content (AvgIpc) is 2.90. The van der Waals surface area contributed by atoms with Crippen molar-refractivity contribution in [3.8, 4) is 0 Å². The van der Waals surface area contributed by atoms with Gasteiger partial charge >= 0.3 is 0 Å². The standard InChI is InChI=1S/C19H18FN3OS/c1-12-15-9-14(20)5-6-16(15)25-17(12)11-23(2)19(24)8-4-13-3-7-18(21)22-10-13/h3-10H,11H2,1-2H3,(H2,21,22)/b8-4+. The molecule has 128 valence electrons. The lowest BCUT2D eigenvalue weighted by Gasteiger charge is -2.14. The van der Waals surface area contributed by atoms with Crippen LogP contribution in [0.3, 0.4) is 0 Å². The second kappa shape index (κ2) is 7.03. The number of aryl methyl sites for hydroxylation is 1. The van der Waals surface area contributed by atoms with Crippen molar-refractivity contribution in [1.29, 1.82) is 0 Å². The molecule has 0 bridgehead atoms. The van der Waals surface area contributed by atoms with Gasteiger partial charge in [-0.05, 0) is 59.8 Å². The van der Waals surface area contributed by atoms with Gasteiger partial charge < -0.3 is 10.6 Å². The van der Waals surface area contributed by atoms with Crippen molar-refractivity contribution < 1.29 is 9.18 Å². The van der Waals surface area contributed by atoms with Gasteiger partial charge in [-0.1, -0.05) is 0 Å². The predicted octanol–water partition coefficient (Wildman–Crippen LogP) is 4.00. The Balaban J connectivity index is 1.73. The van der Waals surface area contributed by atoms with Crippen LogP contribution in [0.15, 0.2) is 42.6 Å². The number of aromatic nitrogens is 1. The second-order valence-electron chi connectivity index (χ2n) is 5.83. The number of carbonyl (C=O) groups excluding carboxylic acids is 1. The summed E-state index contributed by atoms with van der Waals surface area (Å²) in [4.78, 5) is 19.0. The highest BCUT2D eigenvalue weighted by Crippen LogP contribution is 2.32. The molecule has 0 aliphatic heterocycles. The Morgan fingerprint density at radius 1 is 1.36 bits per heavy atom. The first-order valence-electron chi connectivity index (χ1n) is 7.76. The number of rotatable bonds is 4. The number of nitrogens with two attached hydrogens (primary N) is 1. The first-order chi connectivity index (χ1) is 11.9. The fourth-order valence-electron chi connectivity index (χ4n) is 2.50. The van der Waals surface area contributed by atoms with Crippen molar-refractivity contribution in [3.05, 3.63) is 64.4 Å². The van der Waals surface area contributed by atoms with E-state index in [-0.39, 0.29) is 11.7 Å². The molecule has 2 heterocycles. The molecule has 1 aromatic carbocycles. The van der Waals surface area contributed by atoms with Gasteiger partial charge in [0.1, 0.15) is 11.6 Å². The molecule has 4 nitrogen and oxygen atoms in total. The third-order valence-corrected chi connectivity index (χ3v) is 5.24. The van der Waals surface area contributed by atoms with Crippen molar-refractivity contribution in [1.82, 2.24) is 9.88 Å². The quantitative estimate of drug-likeness (QED) is 0.720. The van der Waals surface area contributed by atoms with E-state index in [0.717, 1.165) is 26.1 Å². The molecule has 0 saturated carbocycles. The van der Waals surface area contributed by atoms with Gasteiger partial charge in [0.15, 0.2) is 0 Å². The highest BCUT2D eigenvalue weighted by Gasteiger charge is 2.13. The maximum atomic E-state index is 13.4. The lowest BCUT2D eigenvalue weighted by atomic mass is 10.1. The third kappa shape index (κ3) is 3.85. The summed E-state index contributed by atoms with van der Waals surface area (Å²) in [7, 11) is 1.75. The maximum Gasteiger partial charge on any atom is 0.246 e. The summed E-state index contributed by atoms with van der Waals surface area (Å²) in [5.74, 6) is 0.0848. The molecule has 1 amide bonds. The molecule has 0 saturated heterocycles. The molecule has 0 atom stereocenters. The number of thiophene rings is 1. The molecule has 0 aliphatic rings. The number of nitrogens with zero attached hydrogens (tertiary/aromatic N) is 2. The molecule has 6 heteroatoms. The molecule has 2 aromatic heterocycles. The fourth-order valence-corrected chi connectivity index (χ4v) is 3.74. The number of nitrogen functional groups attached to an aromatic ring is 1. The van der Waals surface area contributed by atoms with E-state index in [0.29, 0.717) is 12.4 Å². The Hall–Kier alpha value is -2.73. The van der Waals surface area contributed by atoms with Crippen molar-refractivity contribution in [2.45, 2.75) is 13.5 Å². The first kappa shape index (κ1) is 17.1. The molecule has 0 spiro atoms. The Labute approximate surface area is 149 Å². The molecular weight excluding hydrogens is 337 g/mol. The monoisotopic (exact) mass is 355 g/mol. The van der Waals surface area contributed by atoms with E-state index in [9.17, 15) is 9.18 Å². The molecule has 0 fully saturated rings. The van der Waals surface area contributed by atoms with E-state index in [1.54, 1.807) is 59.8 Å². The van der Waals surface area contributed by atoms with Crippen LogP contribution in [0.1, 0.15) is 16.0 Å². The average molecular weight is 355 g/mol. The van der Waals surface area contributed by atoms with Crippen LogP contribution in [0.5, 0.6) is 0 Å². The van der Waals surface area contributed by atoms with Crippen LogP contribution >= 0.6 is 11.3 Å². The highest BCUT2D eigenvalue weighted by molar-refractivity contribution is 7.19. The topological polar surface area (TPSA) is 59.2 Å². The highest BCUT2D eigenvalue weighted by atomic mass is 32.1. The van der Waals surface area contributed by atoms with Crippen LogP contribution in [0.2, 0.25) is 0 Å². The molecule has 25 heavy (non-hydrogen) atoms. The van der Waals surface area contributed by atoms with Crippen LogP contribution in [0.25, 0.3) is 16.2 Å². The number of pyridine rings is 1. The van der Waals surface area contributed by atoms with Crippen molar-refractivity contribution in [2.75, 3.05) is 12.8 Å². The van der Waals surface area contributed by atoms with Gasteiger partial charge in [-0.3, -0.25) is 4.79 Å². The largest absolute Gasteiger partial charge is 0.384 e. The van der Waals surface area contributed by atoms with Crippen LogP contribution in [-0.4, -0.2) is 22.8 Å². The Bertz CT molecular complexity index is 947. The predicted molar refractivity (Wildman–Crippen MR) is 101 cm³/mol. The van der Waals surface area contributed by atoms with E-state index in [1.807, 2.05) is 6.92 Å². The van der Waals surface area contributed by atoms with E-state index in [2.05, 4.69) is 4.98 Å². The minimum absolute atomic E-state index is 0.111. The number of carbonyl (C=O) groups is 1. The van der Waals surface area contributed by atoms with Gasteiger partial charge in [0, 0.05) is 28.9 Å². The van der Waals surface area contributed by atoms with Crippen LogP contribution < -0.4 is 5.73 Å². The van der Waals surface area contributed by atoms with Gasteiger partial charge in [0.05, 0.1) is 6.54 Å². The van der Waals surface area contributed by atoms with Gasteiger partial charge in [0.2, 0.25) is 5.91 Å². The summed E-state index contributed by atoms with van der Waals surface area (Å²) in [6.45, 7) is 2.44. The summed E-state index contributed by atoms with van der Waals surface area (Å²) < 4.78 is 14.4. The minimum atomic E-state index is -0.246. The number of hydrogen-bond donors (Lipinski definition) is 1. The first-order valence-corrected chi connectivity index (χ1v) is 8.58. The van der Waals surface area contributed by atoms with Crippen LogP contribution in [0.4, 0.5) is 10.2 Å². The lowest BCUT2D eigenvalue weighted by molar-refractivity contribution is -0.125. The van der Waals surface area contributed by atoms with Gasteiger partial charge in [-0.15, -0.1) is 11.3 Å². The zero-order chi connectivity index (χ0) is 18.0. The molecule has 3 aromatic rings.